The first-order valence-electron chi connectivity index (χ1n) is 6.63. The number of ether oxygens (including phenoxy) is 1. The lowest BCUT2D eigenvalue weighted by atomic mass is 10.1. The van der Waals surface area contributed by atoms with Crippen LogP contribution in [0.3, 0.4) is 0 Å². The van der Waals surface area contributed by atoms with E-state index in [1.807, 2.05) is 0 Å². The third kappa shape index (κ3) is 2.39. The summed E-state index contributed by atoms with van der Waals surface area (Å²) >= 11 is 0. The van der Waals surface area contributed by atoms with Crippen molar-refractivity contribution in [1.29, 1.82) is 0 Å². The lowest BCUT2D eigenvalue weighted by Gasteiger charge is -2.32. The smallest absolute Gasteiger partial charge is 0.0602 e. The highest BCUT2D eigenvalue weighted by atomic mass is 16.5. The Labute approximate surface area is 103 Å². The van der Waals surface area contributed by atoms with Gasteiger partial charge >= 0.3 is 0 Å². The molecule has 0 amide bonds. The second-order valence-corrected chi connectivity index (χ2v) is 4.85. The molecule has 1 atom stereocenters. The second kappa shape index (κ2) is 4.96. The van der Waals surface area contributed by atoms with Crippen molar-refractivity contribution in [3.05, 3.63) is 24.3 Å². The van der Waals surface area contributed by atoms with Crippen molar-refractivity contribution in [3.63, 3.8) is 0 Å². The second-order valence-electron chi connectivity index (χ2n) is 4.85. The Bertz CT molecular complexity index is 374. The van der Waals surface area contributed by atoms with Gasteiger partial charge in [0, 0.05) is 26.2 Å². The Morgan fingerprint density at radius 3 is 3.18 bits per heavy atom. The summed E-state index contributed by atoms with van der Waals surface area (Å²) in [6, 6.07) is 8.57. The fraction of sp³-hybridized carbons (Fsp3) is 0.571. The van der Waals surface area contributed by atoms with E-state index in [-0.39, 0.29) is 0 Å². The third-order valence-corrected chi connectivity index (χ3v) is 3.69. The van der Waals surface area contributed by atoms with Crippen molar-refractivity contribution < 1.29 is 4.74 Å². The molecule has 3 nitrogen and oxygen atoms in total. The van der Waals surface area contributed by atoms with E-state index in [1.165, 1.54) is 24.2 Å². The molecule has 1 fully saturated rings. The summed E-state index contributed by atoms with van der Waals surface area (Å²) in [6.45, 7) is 4.22. The highest BCUT2D eigenvalue weighted by molar-refractivity contribution is 5.71. The Kier molecular flexibility index (Phi) is 3.18. The van der Waals surface area contributed by atoms with Gasteiger partial charge in [-0.25, -0.2) is 0 Å². The van der Waals surface area contributed by atoms with E-state index in [4.69, 9.17) is 4.74 Å². The molecule has 1 saturated heterocycles. The molecule has 1 unspecified atom stereocenters. The zero-order valence-electron chi connectivity index (χ0n) is 10.2. The van der Waals surface area contributed by atoms with Gasteiger partial charge in [0.2, 0.25) is 0 Å². The van der Waals surface area contributed by atoms with Crippen LogP contribution in [-0.2, 0) is 4.74 Å². The van der Waals surface area contributed by atoms with Gasteiger partial charge in [0.05, 0.1) is 17.5 Å². The maximum atomic E-state index is 5.69. The number of rotatable bonds is 3. The number of hydrogen-bond donors (Lipinski definition) is 1. The summed E-state index contributed by atoms with van der Waals surface area (Å²) in [4.78, 5) is 2.48. The molecule has 1 N–H and O–H groups in total. The highest BCUT2D eigenvalue weighted by Crippen LogP contribution is 2.29. The normalized spacial score (nSPS) is 23.3. The Morgan fingerprint density at radius 1 is 1.35 bits per heavy atom. The van der Waals surface area contributed by atoms with Gasteiger partial charge in [-0.1, -0.05) is 12.1 Å². The molecule has 0 aromatic heterocycles. The molecule has 17 heavy (non-hydrogen) atoms. The summed E-state index contributed by atoms with van der Waals surface area (Å²) in [5, 5.41) is 3.45. The maximum absolute atomic E-state index is 5.69. The van der Waals surface area contributed by atoms with Crippen LogP contribution in [0.1, 0.15) is 19.3 Å². The van der Waals surface area contributed by atoms with Crippen LogP contribution < -0.4 is 10.2 Å². The van der Waals surface area contributed by atoms with Crippen LogP contribution in [0, 0.1) is 0 Å². The quantitative estimate of drug-likeness (QED) is 0.866. The van der Waals surface area contributed by atoms with Gasteiger partial charge < -0.3 is 15.0 Å². The molecule has 0 spiro atoms. The molecule has 2 heterocycles. The molecule has 1 aromatic rings. The minimum atomic E-state index is 0.497. The van der Waals surface area contributed by atoms with Crippen LogP contribution in [-0.4, -0.2) is 32.3 Å². The number of benzene rings is 1. The SMILES string of the molecule is c1ccc2c(c1)NCCN2CCC1CCCO1. The summed E-state index contributed by atoms with van der Waals surface area (Å²) in [5.74, 6) is 0. The minimum Gasteiger partial charge on any atom is -0.382 e. The molecule has 0 radical (unpaired) electrons. The largest absolute Gasteiger partial charge is 0.382 e. The van der Waals surface area contributed by atoms with Crippen LogP contribution in [0.2, 0.25) is 0 Å². The van der Waals surface area contributed by atoms with E-state index in [1.54, 1.807) is 0 Å². The molecule has 0 aliphatic carbocycles. The number of anilines is 2. The Balaban J connectivity index is 1.64. The maximum Gasteiger partial charge on any atom is 0.0602 e. The molecule has 2 aliphatic rings. The van der Waals surface area contributed by atoms with Crippen molar-refractivity contribution in [2.24, 2.45) is 0 Å². The van der Waals surface area contributed by atoms with E-state index < -0.39 is 0 Å². The number of para-hydroxylation sites is 2. The van der Waals surface area contributed by atoms with Crippen LogP contribution in [0.25, 0.3) is 0 Å². The molecule has 92 valence electrons. The number of nitrogens with zero attached hydrogens (tertiary/aromatic N) is 1. The fourth-order valence-corrected chi connectivity index (χ4v) is 2.75. The van der Waals surface area contributed by atoms with Gasteiger partial charge in [0.25, 0.3) is 0 Å². The predicted molar refractivity (Wildman–Crippen MR) is 70.7 cm³/mol. The molecule has 0 bridgehead atoms. The van der Waals surface area contributed by atoms with Crippen LogP contribution >= 0.6 is 0 Å². The lowest BCUT2D eigenvalue weighted by molar-refractivity contribution is 0.106. The zero-order valence-corrected chi connectivity index (χ0v) is 10.2. The van der Waals surface area contributed by atoms with E-state index in [0.717, 1.165) is 32.7 Å². The molecule has 0 saturated carbocycles. The van der Waals surface area contributed by atoms with Crippen LogP contribution in [0.15, 0.2) is 24.3 Å². The fourth-order valence-electron chi connectivity index (χ4n) is 2.75. The summed E-state index contributed by atoms with van der Waals surface area (Å²) in [5.41, 5.74) is 2.61. The molecular weight excluding hydrogens is 212 g/mol. The van der Waals surface area contributed by atoms with E-state index in [0.29, 0.717) is 6.10 Å². The topological polar surface area (TPSA) is 24.5 Å². The standard InChI is InChI=1S/C14H20N2O/c1-2-6-14-13(5-1)15-8-10-16(14)9-7-12-4-3-11-17-12/h1-2,5-6,12,15H,3-4,7-11H2. The molecule has 2 aliphatic heterocycles. The lowest BCUT2D eigenvalue weighted by Crippen LogP contribution is -2.35. The number of hydrogen-bond acceptors (Lipinski definition) is 3. The van der Waals surface area contributed by atoms with Gasteiger partial charge in [-0.15, -0.1) is 0 Å². The van der Waals surface area contributed by atoms with E-state index in [9.17, 15) is 0 Å². The Hall–Kier alpha value is -1.22. The first kappa shape index (κ1) is 10.9. The van der Waals surface area contributed by atoms with Gasteiger partial charge in [0.1, 0.15) is 0 Å². The van der Waals surface area contributed by atoms with Crippen LogP contribution in [0.4, 0.5) is 11.4 Å². The number of nitrogens with one attached hydrogen (secondary N) is 1. The van der Waals surface area contributed by atoms with Gasteiger partial charge in [-0.05, 0) is 31.4 Å². The zero-order chi connectivity index (χ0) is 11.5. The third-order valence-electron chi connectivity index (χ3n) is 3.69. The first-order chi connectivity index (χ1) is 8.43. The Morgan fingerprint density at radius 2 is 2.29 bits per heavy atom. The highest BCUT2D eigenvalue weighted by Gasteiger charge is 2.19. The molecule has 1 aromatic carbocycles. The van der Waals surface area contributed by atoms with Crippen molar-refractivity contribution >= 4 is 11.4 Å². The minimum absolute atomic E-state index is 0.497. The van der Waals surface area contributed by atoms with Crippen molar-refractivity contribution in [3.8, 4) is 0 Å². The average molecular weight is 232 g/mol. The summed E-state index contributed by atoms with van der Waals surface area (Å²) in [7, 11) is 0. The molecule has 3 rings (SSSR count). The predicted octanol–water partition coefficient (Wildman–Crippen LogP) is 2.49. The number of fused-ring (bicyclic) bond motifs is 1. The van der Waals surface area contributed by atoms with Gasteiger partial charge in [-0.3, -0.25) is 0 Å². The van der Waals surface area contributed by atoms with E-state index in [2.05, 4.69) is 34.5 Å². The average Bonchev–Trinajstić information content (AvgIpc) is 2.89. The van der Waals surface area contributed by atoms with Gasteiger partial charge in [0.15, 0.2) is 0 Å². The van der Waals surface area contributed by atoms with E-state index >= 15 is 0 Å². The summed E-state index contributed by atoms with van der Waals surface area (Å²) in [6.07, 6.45) is 4.14. The van der Waals surface area contributed by atoms with Crippen LogP contribution in [0.5, 0.6) is 0 Å². The monoisotopic (exact) mass is 232 g/mol. The first-order valence-corrected chi connectivity index (χ1v) is 6.63. The van der Waals surface area contributed by atoms with Crippen molar-refractivity contribution in [1.82, 2.24) is 0 Å². The molecular formula is C14H20N2O. The molecule has 3 heteroatoms. The summed E-state index contributed by atoms with van der Waals surface area (Å²) < 4.78 is 5.69. The van der Waals surface area contributed by atoms with Crippen molar-refractivity contribution in [2.75, 3.05) is 36.5 Å². The van der Waals surface area contributed by atoms with Gasteiger partial charge in [-0.2, -0.15) is 0 Å². The van der Waals surface area contributed by atoms with Crippen molar-refractivity contribution in [2.45, 2.75) is 25.4 Å².